The first kappa shape index (κ1) is 31.5. The molecule has 37 heavy (non-hydrogen) atoms. The van der Waals surface area contributed by atoms with Crippen molar-refractivity contribution in [2.45, 2.75) is 63.8 Å². The summed E-state index contributed by atoms with van der Waals surface area (Å²) < 4.78 is 0. The molecular weight excluding hydrogens is 486 g/mol. The first-order valence-corrected chi connectivity index (χ1v) is 11.8. The average Bonchev–Trinajstić information content (AvgIpc) is 2.84. The summed E-state index contributed by atoms with van der Waals surface area (Å²) in [6.45, 7) is 3.49. The van der Waals surface area contributed by atoms with E-state index in [4.69, 9.17) is 10.8 Å². The zero-order chi connectivity index (χ0) is 28.1. The SMILES string of the molecule is CC(C)C[C@H](N)C(=O)N[C@@H](CO)C(=O)N[C@@H](C)C(=O)N[C@@H](Cc1ccccc1)C(=O)N[C@@H](CO)C(=O)O. The third kappa shape index (κ3) is 10.9. The lowest BCUT2D eigenvalue weighted by atomic mass is 10.0. The molecule has 0 saturated carbocycles. The van der Waals surface area contributed by atoms with E-state index in [1.54, 1.807) is 30.3 Å². The number of nitrogens with two attached hydrogens (primary N) is 1. The minimum Gasteiger partial charge on any atom is -0.480 e. The van der Waals surface area contributed by atoms with Gasteiger partial charge in [0.05, 0.1) is 19.3 Å². The van der Waals surface area contributed by atoms with Crippen LogP contribution >= 0.6 is 0 Å². The van der Waals surface area contributed by atoms with Crippen LogP contribution < -0.4 is 27.0 Å². The molecule has 1 aromatic carbocycles. The van der Waals surface area contributed by atoms with Crippen molar-refractivity contribution in [1.82, 2.24) is 21.3 Å². The van der Waals surface area contributed by atoms with E-state index < -0.39 is 73.0 Å². The smallest absolute Gasteiger partial charge is 0.328 e. The average molecular weight is 524 g/mol. The van der Waals surface area contributed by atoms with Crippen molar-refractivity contribution in [2.75, 3.05) is 13.2 Å². The number of amides is 4. The third-order valence-electron chi connectivity index (χ3n) is 5.34. The van der Waals surface area contributed by atoms with Gasteiger partial charge in [-0.3, -0.25) is 19.2 Å². The number of hydrogen-bond donors (Lipinski definition) is 8. The second kappa shape index (κ2) is 15.5. The normalized spacial score (nSPS) is 15.0. The molecule has 4 amide bonds. The fourth-order valence-corrected chi connectivity index (χ4v) is 3.28. The van der Waals surface area contributed by atoms with E-state index in [1.807, 2.05) is 13.8 Å². The number of carboxylic acid groups (broad SMARTS) is 1. The maximum atomic E-state index is 12.8. The highest BCUT2D eigenvalue weighted by molar-refractivity contribution is 5.95. The number of aliphatic carboxylic acids is 1. The molecule has 0 saturated heterocycles. The van der Waals surface area contributed by atoms with Gasteiger partial charge in [-0.2, -0.15) is 0 Å². The molecule has 9 N–H and O–H groups in total. The Balaban J connectivity index is 2.88. The molecule has 206 valence electrons. The number of carboxylic acids is 1. The summed E-state index contributed by atoms with van der Waals surface area (Å²) in [6, 6.07) is 2.38. The molecule has 0 bridgehead atoms. The maximum absolute atomic E-state index is 12.8. The zero-order valence-electron chi connectivity index (χ0n) is 21.1. The Kier molecular flexibility index (Phi) is 13.2. The second-order valence-electron chi connectivity index (χ2n) is 9.04. The van der Waals surface area contributed by atoms with E-state index >= 15 is 0 Å². The van der Waals surface area contributed by atoms with E-state index in [2.05, 4.69) is 21.3 Å². The van der Waals surface area contributed by atoms with Crippen molar-refractivity contribution in [3.8, 4) is 0 Å². The number of carbonyl (C=O) groups is 5. The molecular formula is C24H37N5O8. The van der Waals surface area contributed by atoms with Gasteiger partial charge in [0.2, 0.25) is 23.6 Å². The highest BCUT2D eigenvalue weighted by atomic mass is 16.4. The number of aliphatic hydroxyl groups is 2. The van der Waals surface area contributed by atoms with E-state index in [0.717, 1.165) is 0 Å². The molecule has 0 spiro atoms. The molecule has 13 heteroatoms. The number of benzene rings is 1. The molecule has 0 aliphatic carbocycles. The predicted octanol–water partition coefficient (Wildman–Crippen LogP) is -2.37. The van der Waals surface area contributed by atoms with Crippen molar-refractivity contribution in [2.24, 2.45) is 11.7 Å². The van der Waals surface area contributed by atoms with Gasteiger partial charge in [-0.15, -0.1) is 0 Å². The largest absolute Gasteiger partial charge is 0.480 e. The van der Waals surface area contributed by atoms with Gasteiger partial charge in [-0.05, 0) is 24.8 Å². The summed E-state index contributed by atoms with van der Waals surface area (Å²) in [5.74, 6) is -4.42. The van der Waals surface area contributed by atoms with Crippen LogP contribution in [0.15, 0.2) is 30.3 Å². The summed E-state index contributed by atoms with van der Waals surface area (Å²) in [5.41, 5.74) is 6.46. The van der Waals surface area contributed by atoms with Gasteiger partial charge in [0.15, 0.2) is 0 Å². The molecule has 0 radical (unpaired) electrons. The van der Waals surface area contributed by atoms with Crippen LogP contribution in [0.4, 0.5) is 0 Å². The van der Waals surface area contributed by atoms with E-state index in [0.29, 0.717) is 12.0 Å². The van der Waals surface area contributed by atoms with Crippen LogP contribution in [-0.2, 0) is 30.4 Å². The van der Waals surface area contributed by atoms with Crippen LogP contribution in [0.3, 0.4) is 0 Å². The quantitative estimate of drug-likeness (QED) is 0.123. The van der Waals surface area contributed by atoms with Crippen LogP contribution in [0.1, 0.15) is 32.8 Å². The Morgan fingerprint density at radius 2 is 1.27 bits per heavy atom. The van der Waals surface area contributed by atoms with Crippen LogP contribution in [0, 0.1) is 5.92 Å². The Bertz CT molecular complexity index is 927. The lowest BCUT2D eigenvalue weighted by Gasteiger charge is -2.24. The van der Waals surface area contributed by atoms with Gasteiger partial charge in [0.25, 0.3) is 0 Å². The summed E-state index contributed by atoms with van der Waals surface area (Å²) in [7, 11) is 0. The van der Waals surface area contributed by atoms with Crippen LogP contribution in [-0.4, -0.2) is 88.3 Å². The van der Waals surface area contributed by atoms with Gasteiger partial charge in [-0.1, -0.05) is 44.2 Å². The molecule has 1 rings (SSSR count). The molecule has 0 aromatic heterocycles. The first-order valence-electron chi connectivity index (χ1n) is 11.8. The highest BCUT2D eigenvalue weighted by Gasteiger charge is 2.30. The van der Waals surface area contributed by atoms with Gasteiger partial charge >= 0.3 is 5.97 Å². The molecule has 13 nitrogen and oxygen atoms in total. The molecule has 0 aliphatic heterocycles. The van der Waals surface area contributed by atoms with Crippen molar-refractivity contribution in [1.29, 1.82) is 0 Å². The van der Waals surface area contributed by atoms with Crippen molar-refractivity contribution in [3.05, 3.63) is 35.9 Å². The summed E-state index contributed by atoms with van der Waals surface area (Å²) in [6.07, 6.45) is 0.369. The Morgan fingerprint density at radius 3 is 1.78 bits per heavy atom. The lowest BCUT2D eigenvalue weighted by Crippen LogP contribution is -2.59. The van der Waals surface area contributed by atoms with Crippen LogP contribution in [0.25, 0.3) is 0 Å². The van der Waals surface area contributed by atoms with E-state index in [1.165, 1.54) is 6.92 Å². The summed E-state index contributed by atoms with van der Waals surface area (Å²) in [5, 5.41) is 37.2. The predicted molar refractivity (Wildman–Crippen MR) is 133 cm³/mol. The summed E-state index contributed by atoms with van der Waals surface area (Å²) in [4.78, 5) is 61.5. The summed E-state index contributed by atoms with van der Waals surface area (Å²) >= 11 is 0. The van der Waals surface area contributed by atoms with Gasteiger partial charge in [-0.25, -0.2) is 4.79 Å². The fourth-order valence-electron chi connectivity index (χ4n) is 3.28. The van der Waals surface area contributed by atoms with Crippen molar-refractivity contribution < 1.29 is 39.3 Å². The number of carbonyl (C=O) groups excluding carboxylic acids is 4. The Labute approximate surface area is 215 Å². The minimum atomic E-state index is -1.57. The second-order valence-corrected chi connectivity index (χ2v) is 9.04. The monoisotopic (exact) mass is 523 g/mol. The van der Waals surface area contributed by atoms with Crippen molar-refractivity contribution >= 4 is 29.6 Å². The first-order chi connectivity index (χ1) is 17.4. The topological polar surface area (TPSA) is 220 Å². The molecule has 0 heterocycles. The number of hydrogen-bond acceptors (Lipinski definition) is 8. The molecule has 5 atom stereocenters. The molecule has 1 aromatic rings. The van der Waals surface area contributed by atoms with Crippen LogP contribution in [0.5, 0.6) is 0 Å². The number of rotatable bonds is 15. The molecule has 0 fully saturated rings. The number of aliphatic hydroxyl groups excluding tert-OH is 2. The third-order valence-corrected chi connectivity index (χ3v) is 5.34. The molecule has 0 unspecified atom stereocenters. The van der Waals surface area contributed by atoms with Crippen molar-refractivity contribution in [3.63, 3.8) is 0 Å². The minimum absolute atomic E-state index is 0.0000899. The standard InChI is InChI=1S/C24H37N5O8/c1-13(2)9-16(25)21(33)28-18(11-30)23(35)26-14(3)20(32)27-17(10-15-7-5-4-6-8-15)22(34)29-19(12-31)24(36)37/h4-8,13-14,16-19,30-31H,9-12,25H2,1-3H3,(H,26,35)(H,27,32)(H,28,33)(H,29,34)(H,36,37)/t14-,16-,17-,18-,19-/m0/s1. The van der Waals surface area contributed by atoms with E-state index in [9.17, 15) is 34.2 Å². The Hall–Kier alpha value is -3.55. The fraction of sp³-hybridized carbons (Fsp3) is 0.542. The molecule has 0 aliphatic rings. The zero-order valence-corrected chi connectivity index (χ0v) is 21.1. The maximum Gasteiger partial charge on any atom is 0.328 e. The lowest BCUT2D eigenvalue weighted by molar-refractivity contribution is -0.143. The Morgan fingerprint density at radius 1 is 0.757 bits per heavy atom. The van der Waals surface area contributed by atoms with Gasteiger partial charge in [0, 0.05) is 6.42 Å². The van der Waals surface area contributed by atoms with E-state index in [-0.39, 0.29) is 12.3 Å². The van der Waals surface area contributed by atoms with Crippen LogP contribution in [0.2, 0.25) is 0 Å². The highest BCUT2D eigenvalue weighted by Crippen LogP contribution is 2.05. The van der Waals surface area contributed by atoms with Gasteiger partial charge < -0.3 is 42.3 Å². The number of nitrogens with one attached hydrogen (secondary N) is 4. The van der Waals surface area contributed by atoms with Gasteiger partial charge in [0.1, 0.15) is 24.2 Å².